The SMILES string of the molecule is COCCOc1nc(-c2cccc(C(F)(F)F)c2)n(-c2cccc(NC(=O)c3ccc(C(F)(F)F)cc3)c2)n1. The second kappa shape index (κ2) is 11.2. The lowest BCUT2D eigenvalue weighted by Gasteiger charge is -2.11. The first-order valence-electron chi connectivity index (χ1n) is 11.3. The van der Waals surface area contributed by atoms with E-state index in [1.807, 2.05) is 0 Å². The molecule has 0 radical (unpaired) electrons. The summed E-state index contributed by atoms with van der Waals surface area (Å²) in [5.74, 6) is -0.624. The van der Waals surface area contributed by atoms with Crippen LogP contribution in [0.5, 0.6) is 6.01 Å². The van der Waals surface area contributed by atoms with E-state index >= 15 is 0 Å². The van der Waals surface area contributed by atoms with E-state index in [0.717, 1.165) is 36.4 Å². The molecule has 1 heterocycles. The van der Waals surface area contributed by atoms with Gasteiger partial charge >= 0.3 is 18.4 Å². The number of anilines is 1. The first-order chi connectivity index (χ1) is 18.5. The fourth-order valence-corrected chi connectivity index (χ4v) is 3.50. The van der Waals surface area contributed by atoms with Gasteiger partial charge in [-0.05, 0) is 54.6 Å². The molecule has 3 aromatic carbocycles. The summed E-state index contributed by atoms with van der Waals surface area (Å²) < 4.78 is 90.1. The number of nitrogens with one attached hydrogen (secondary N) is 1. The lowest BCUT2D eigenvalue weighted by molar-refractivity contribution is -0.138. The number of alkyl halides is 6. The van der Waals surface area contributed by atoms with Crippen molar-refractivity contribution in [1.29, 1.82) is 0 Å². The predicted molar refractivity (Wildman–Crippen MR) is 129 cm³/mol. The highest BCUT2D eigenvalue weighted by Gasteiger charge is 2.31. The number of rotatable bonds is 8. The van der Waals surface area contributed by atoms with Crippen LogP contribution in [0.15, 0.2) is 72.8 Å². The third-order valence-corrected chi connectivity index (χ3v) is 5.38. The largest absolute Gasteiger partial charge is 0.460 e. The molecule has 13 heteroatoms. The molecule has 0 spiro atoms. The van der Waals surface area contributed by atoms with Gasteiger partial charge in [0.1, 0.15) is 6.61 Å². The van der Waals surface area contributed by atoms with Crippen LogP contribution in [0.25, 0.3) is 17.1 Å². The summed E-state index contributed by atoms with van der Waals surface area (Å²) in [5.41, 5.74) is -1.09. The zero-order chi connectivity index (χ0) is 28.2. The van der Waals surface area contributed by atoms with Crippen LogP contribution in [0, 0.1) is 0 Å². The Morgan fingerprint density at radius 1 is 0.872 bits per heavy atom. The maximum Gasteiger partial charge on any atom is 0.416 e. The van der Waals surface area contributed by atoms with Gasteiger partial charge in [-0.2, -0.15) is 31.3 Å². The summed E-state index contributed by atoms with van der Waals surface area (Å²) in [6.07, 6.45) is -9.12. The number of carbonyl (C=O) groups excluding carboxylic acids is 1. The molecular weight excluding hydrogens is 530 g/mol. The number of hydrogen-bond donors (Lipinski definition) is 1. The third-order valence-electron chi connectivity index (χ3n) is 5.38. The maximum absolute atomic E-state index is 13.3. The first kappa shape index (κ1) is 27.6. The molecule has 0 aliphatic rings. The number of methoxy groups -OCH3 is 1. The Kier molecular flexibility index (Phi) is 7.90. The molecule has 0 fully saturated rings. The molecular formula is C26H20F6N4O3. The van der Waals surface area contributed by atoms with E-state index < -0.39 is 29.4 Å². The number of benzene rings is 3. The third kappa shape index (κ3) is 6.74. The summed E-state index contributed by atoms with van der Waals surface area (Å²) in [6, 6.07) is 14.3. The number of amides is 1. The Balaban J connectivity index is 1.66. The van der Waals surface area contributed by atoms with Crippen LogP contribution < -0.4 is 10.1 Å². The van der Waals surface area contributed by atoms with Crippen LogP contribution in [-0.2, 0) is 17.1 Å². The van der Waals surface area contributed by atoms with Gasteiger partial charge in [0.25, 0.3) is 5.91 Å². The van der Waals surface area contributed by atoms with Crippen molar-refractivity contribution < 1.29 is 40.6 Å². The highest BCUT2D eigenvalue weighted by molar-refractivity contribution is 6.04. The van der Waals surface area contributed by atoms with Crippen molar-refractivity contribution >= 4 is 11.6 Å². The van der Waals surface area contributed by atoms with Crippen molar-refractivity contribution in [3.63, 3.8) is 0 Å². The molecule has 0 bridgehead atoms. The number of aromatic nitrogens is 3. The number of hydrogen-bond acceptors (Lipinski definition) is 5. The van der Waals surface area contributed by atoms with Gasteiger partial charge in [0.2, 0.25) is 0 Å². The average Bonchev–Trinajstić information content (AvgIpc) is 3.32. The summed E-state index contributed by atoms with van der Waals surface area (Å²) in [6.45, 7) is 0.310. The van der Waals surface area contributed by atoms with E-state index in [2.05, 4.69) is 15.4 Å². The van der Waals surface area contributed by atoms with Crippen molar-refractivity contribution in [2.24, 2.45) is 0 Å². The highest BCUT2D eigenvalue weighted by atomic mass is 19.4. The highest BCUT2D eigenvalue weighted by Crippen LogP contribution is 2.33. The van der Waals surface area contributed by atoms with Gasteiger partial charge in [-0.15, -0.1) is 5.10 Å². The zero-order valence-electron chi connectivity index (χ0n) is 20.2. The fraction of sp³-hybridized carbons (Fsp3) is 0.192. The van der Waals surface area contributed by atoms with E-state index in [1.165, 1.54) is 36.1 Å². The minimum Gasteiger partial charge on any atom is -0.460 e. The molecule has 204 valence electrons. The van der Waals surface area contributed by atoms with Crippen molar-refractivity contribution in [2.45, 2.75) is 12.4 Å². The van der Waals surface area contributed by atoms with Crippen LogP contribution in [-0.4, -0.2) is 41.0 Å². The minimum absolute atomic E-state index is 0.00681. The summed E-state index contributed by atoms with van der Waals surface area (Å²) in [4.78, 5) is 16.9. The Morgan fingerprint density at radius 2 is 1.56 bits per heavy atom. The standard InChI is InChI=1S/C26H20F6N4O3/c1-38-12-13-39-24-34-22(17-4-2-5-19(14-17)26(30,31)32)36(35-24)21-7-3-6-20(15-21)33-23(37)16-8-10-18(11-9-16)25(27,28)29/h2-11,14-15H,12-13H2,1H3,(H,33,37). The molecule has 0 unspecified atom stereocenters. The summed E-state index contributed by atoms with van der Waals surface area (Å²) >= 11 is 0. The molecule has 0 saturated heterocycles. The molecule has 4 aromatic rings. The molecule has 4 rings (SSSR count). The van der Waals surface area contributed by atoms with E-state index in [-0.39, 0.29) is 41.9 Å². The molecule has 1 amide bonds. The number of halogens is 6. The zero-order valence-corrected chi connectivity index (χ0v) is 20.2. The Labute approximate surface area is 218 Å². The molecule has 0 saturated carbocycles. The number of ether oxygens (including phenoxy) is 2. The quantitative estimate of drug-likeness (QED) is 0.207. The Bertz CT molecular complexity index is 1450. The van der Waals surface area contributed by atoms with Gasteiger partial charge in [-0.25, -0.2) is 4.68 Å². The smallest absolute Gasteiger partial charge is 0.416 e. The topological polar surface area (TPSA) is 78.3 Å². The van der Waals surface area contributed by atoms with Crippen molar-refractivity contribution in [2.75, 3.05) is 25.6 Å². The van der Waals surface area contributed by atoms with Crippen molar-refractivity contribution in [1.82, 2.24) is 14.8 Å². The van der Waals surface area contributed by atoms with Crippen LogP contribution in [0.2, 0.25) is 0 Å². The van der Waals surface area contributed by atoms with Gasteiger partial charge < -0.3 is 14.8 Å². The van der Waals surface area contributed by atoms with Crippen LogP contribution >= 0.6 is 0 Å². The Morgan fingerprint density at radius 3 is 2.23 bits per heavy atom. The van der Waals surface area contributed by atoms with E-state index in [1.54, 1.807) is 12.1 Å². The van der Waals surface area contributed by atoms with E-state index in [0.29, 0.717) is 5.69 Å². The van der Waals surface area contributed by atoms with Crippen LogP contribution in [0.1, 0.15) is 21.5 Å². The molecule has 0 atom stereocenters. The van der Waals surface area contributed by atoms with Crippen LogP contribution in [0.4, 0.5) is 32.0 Å². The first-order valence-corrected chi connectivity index (χ1v) is 11.3. The van der Waals surface area contributed by atoms with Gasteiger partial charge in [0.05, 0.1) is 23.4 Å². The van der Waals surface area contributed by atoms with E-state index in [4.69, 9.17) is 9.47 Å². The number of nitrogens with zero attached hydrogens (tertiary/aromatic N) is 3. The average molecular weight is 550 g/mol. The molecule has 7 nitrogen and oxygen atoms in total. The lowest BCUT2D eigenvalue weighted by Crippen LogP contribution is -2.13. The second-order valence-corrected chi connectivity index (χ2v) is 8.13. The molecule has 0 aliphatic heterocycles. The van der Waals surface area contributed by atoms with Gasteiger partial charge in [-0.1, -0.05) is 18.2 Å². The lowest BCUT2D eigenvalue weighted by atomic mass is 10.1. The number of carbonyl (C=O) groups is 1. The maximum atomic E-state index is 13.3. The van der Waals surface area contributed by atoms with Crippen molar-refractivity contribution in [3.8, 4) is 23.1 Å². The van der Waals surface area contributed by atoms with Gasteiger partial charge in [-0.3, -0.25) is 4.79 Å². The fourth-order valence-electron chi connectivity index (χ4n) is 3.50. The normalized spacial score (nSPS) is 11.9. The molecule has 0 aliphatic carbocycles. The van der Waals surface area contributed by atoms with Gasteiger partial charge in [0.15, 0.2) is 5.82 Å². The molecule has 39 heavy (non-hydrogen) atoms. The van der Waals surface area contributed by atoms with Crippen LogP contribution in [0.3, 0.4) is 0 Å². The van der Waals surface area contributed by atoms with Crippen molar-refractivity contribution in [3.05, 3.63) is 89.5 Å². The van der Waals surface area contributed by atoms with Gasteiger partial charge in [0, 0.05) is 23.9 Å². The Hall–Kier alpha value is -4.39. The second-order valence-electron chi connectivity index (χ2n) is 8.13. The minimum atomic E-state index is -4.58. The molecule has 1 N–H and O–H groups in total. The monoisotopic (exact) mass is 550 g/mol. The molecule has 1 aromatic heterocycles. The summed E-state index contributed by atoms with van der Waals surface area (Å²) in [7, 11) is 1.47. The van der Waals surface area contributed by atoms with E-state index in [9.17, 15) is 31.1 Å². The predicted octanol–water partition coefficient (Wildman–Crippen LogP) is 6.25. The summed E-state index contributed by atoms with van der Waals surface area (Å²) in [5, 5.41) is 6.84.